The lowest BCUT2D eigenvalue weighted by Crippen LogP contribution is -2.14. The zero-order valence-electron chi connectivity index (χ0n) is 13.0. The number of nitrogens with zero attached hydrogens (tertiary/aromatic N) is 2. The van der Waals surface area contributed by atoms with Crippen LogP contribution >= 0.6 is 0 Å². The molecule has 106 valence electrons. The second kappa shape index (κ2) is 5.28. The summed E-state index contributed by atoms with van der Waals surface area (Å²) in [5, 5.41) is 0. The Bertz CT molecular complexity index is 714. The number of benzene rings is 2. The molecule has 1 aliphatic heterocycles. The van der Waals surface area contributed by atoms with Crippen molar-refractivity contribution in [1.29, 1.82) is 0 Å². The van der Waals surface area contributed by atoms with Gasteiger partial charge >= 0.3 is 0 Å². The molecule has 0 amide bonds. The van der Waals surface area contributed by atoms with Gasteiger partial charge in [0.2, 0.25) is 0 Å². The predicted octanol–water partition coefficient (Wildman–Crippen LogP) is 4.49. The van der Waals surface area contributed by atoms with E-state index in [2.05, 4.69) is 74.1 Å². The maximum atomic E-state index is 4.64. The van der Waals surface area contributed by atoms with E-state index in [0.717, 1.165) is 5.71 Å². The molecule has 1 aliphatic rings. The van der Waals surface area contributed by atoms with E-state index in [9.17, 15) is 0 Å². The fraction of sp³-hybridized carbons (Fsp3) is 0.263. The van der Waals surface area contributed by atoms with Gasteiger partial charge in [0.1, 0.15) is 12.4 Å². The van der Waals surface area contributed by atoms with Crippen LogP contribution in [0.5, 0.6) is 0 Å². The fourth-order valence-corrected chi connectivity index (χ4v) is 3.19. The highest BCUT2D eigenvalue weighted by Gasteiger charge is 2.26. The van der Waals surface area contributed by atoms with Crippen molar-refractivity contribution in [2.45, 2.75) is 33.7 Å². The molecule has 1 heterocycles. The van der Waals surface area contributed by atoms with Crippen molar-refractivity contribution in [1.82, 2.24) is 0 Å². The third kappa shape index (κ3) is 2.31. The lowest BCUT2D eigenvalue weighted by atomic mass is 9.88. The van der Waals surface area contributed by atoms with Crippen LogP contribution < -0.4 is 0 Å². The van der Waals surface area contributed by atoms with Crippen LogP contribution in [0, 0.1) is 27.7 Å². The quantitative estimate of drug-likeness (QED) is 0.772. The standard InChI is InChI=1S/C19H20N2/c1-12-7-5-8-13(2)16(12)18-19(21-11-20-18)17-14(3)9-6-10-15(17)4/h5-11,18H,1-4H3. The van der Waals surface area contributed by atoms with Crippen LogP contribution in [0.2, 0.25) is 0 Å². The smallest absolute Gasteiger partial charge is 0.120 e. The molecule has 21 heavy (non-hydrogen) atoms. The van der Waals surface area contributed by atoms with Crippen molar-refractivity contribution in [2.75, 3.05) is 0 Å². The van der Waals surface area contributed by atoms with E-state index < -0.39 is 0 Å². The molecule has 2 heteroatoms. The second-order valence-electron chi connectivity index (χ2n) is 5.75. The highest BCUT2D eigenvalue weighted by atomic mass is 15.0. The Morgan fingerprint density at radius 1 is 0.762 bits per heavy atom. The van der Waals surface area contributed by atoms with Gasteiger partial charge in [0, 0.05) is 5.56 Å². The minimum Gasteiger partial charge on any atom is -0.259 e. The molecule has 0 saturated carbocycles. The zero-order valence-corrected chi connectivity index (χ0v) is 13.0. The van der Waals surface area contributed by atoms with E-state index in [4.69, 9.17) is 0 Å². The van der Waals surface area contributed by atoms with Crippen molar-refractivity contribution in [3.8, 4) is 0 Å². The summed E-state index contributed by atoms with van der Waals surface area (Å²) in [6.07, 6.45) is 1.71. The number of aryl methyl sites for hydroxylation is 4. The summed E-state index contributed by atoms with van der Waals surface area (Å²) in [5.74, 6) is 0. The van der Waals surface area contributed by atoms with E-state index in [1.165, 1.54) is 33.4 Å². The first-order valence-electron chi connectivity index (χ1n) is 7.31. The second-order valence-corrected chi connectivity index (χ2v) is 5.75. The lowest BCUT2D eigenvalue weighted by Gasteiger charge is -2.19. The average Bonchev–Trinajstić information content (AvgIpc) is 2.87. The molecule has 0 fully saturated rings. The van der Waals surface area contributed by atoms with Crippen molar-refractivity contribution >= 4 is 12.1 Å². The lowest BCUT2D eigenvalue weighted by molar-refractivity contribution is 0.955. The largest absolute Gasteiger partial charge is 0.259 e. The van der Waals surface area contributed by atoms with Crippen molar-refractivity contribution < 1.29 is 0 Å². The summed E-state index contributed by atoms with van der Waals surface area (Å²) in [6.45, 7) is 8.59. The van der Waals surface area contributed by atoms with Crippen molar-refractivity contribution in [2.24, 2.45) is 9.98 Å². The molecule has 2 nitrogen and oxygen atoms in total. The summed E-state index contributed by atoms with van der Waals surface area (Å²) < 4.78 is 0. The molecular formula is C19H20N2. The summed E-state index contributed by atoms with van der Waals surface area (Å²) in [4.78, 5) is 9.23. The molecule has 1 unspecified atom stereocenters. The molecule has 0 N–H and O–H groups in total. The molecular weight excluding hydrogens is 256 g/mol. The van der Waals surface area contributed by atoms with Crippen molar-refractivity contribution in [3.63, 3.8) is 0 Å². The van der Waals surface area contributed by atoms with Gasteiger partial charge < -0.3 is 0 Å². The van der Waals surface area contributed by atoms with Crippen LogP contribution in [-0.2, 0) is 0 Å². The normalized spacial score (nSPS) is 17.1. The van der Waals surface area contributed by atoms with Gasteiger partial charge in [-0.3, -0.25) is 4.99 Å². The molecule has 0 aromatic heterocycles. The molecule has 1 atom stereocenters. The monoisotopic (exact) mass is 276 g/mol. The van der Waals surface area contributed by atoms with Gasteiger partial charge in [-0.2, -0.15) is 0 Å². The number of aliphatic imine (C=N–C) groups is 2. The predicted molar refractivity (Wildman–Crippen MR) is 89.6 cm³/mol. The minimum atomic E-state index is 0.0194. The maximum absolute atomic E-state index is 4.64. The minimum absolute atomic E-state index is 0.0194. The third-order valence-electron chi connectivity index (χ3n) is 4.22. The van der Waals surface area contributed by atoms with Gasteiger partial charge in [0.15, 0.2) is 0 Å². The summed E-state index contributed by atoms with van der Waals surface area (Å²) in [6, 6.07) is 12.8. The van der Waals surface area contributed by atoms with Gasteiger partial charge in [-0.25, -0.2) is 4.99 Å². The molecule has 2 aromatic carbocycles. The first kappa shape index (κ1) is 13.7. The highest BCUT2D eigenvalue weighted by molar-refractivity contribution is 6.12. The Hall–Kier alpha value is -2.22. The fourth-order valence-electron chi connectivity index (χ4n) is 3.19. The summed E-state index contributed by atoms with van der Waals surface area (Å²) in [5.41, 5.74) is 8.67. The topological polar surface area (TPSA) is 24.7 Å². The summed E-state index contributed by atoms with van der Waals surface area (Å²) >= 11 is 0. The Kier molecular flexibility index (Phi) is 3.46. The number of rotatable bonds is 2. The first-order valence-corrected chi connectivity index (χ1v) is 7.31. The molecule has 3 rings (SSSR count). The van der Waals surface area contributed by atoms with E-state index in [1.54, 1.807) is 6.34 Å². The SMILES string of the molecule is Cc1cccc(C)c1C1=NC=NC1c1c(C)cccc1C. The van der Waals surface area contributed by atoms with Gasteiger partial charge in [-0.05, 0) is 55.5 Å². The van der Waals surface area contributed by atoms with Gasteiger partial charge in [0.05, 0.1) is 5.71 Å². The van der Waals surface area contributed by atoms with Gasteiger partial charge in [0.25, 0.3) is 0 Å². The van der Waals surface area contributed by atoms with Crippen LogP contribution in [0.1, 0.15) is 39.4 Å². The van der Waals surface area contributed by atoms with Gasteiger partial charge in [-0.1, -0.05) is 36.4 Å². The van der Waals surface area contributed by atoms with Crippen LogP contribution in [0.25, 0.3) is 0 Å². The van der Waals surface area contributed by atoms with E-state index in [-0.39, 0.29) is 6.04 Å². The molecule has 0 bridgehead atoms. The zero-order chi connectivity index (χ0) is 15.0. The molecule has 2 aromatic rings. The molecule has 0 radical (unpaired) electrons. The van der Waals surface area contributed by atoms with Crippen LogP contribution in [0.15, 0.2) is 46.4 Å². The van der Waals surface area contributed by atoms with Crippen LogP contribution in [-0.4, -0.2) is 12.1 Å². The number of hydrogen-bond acceptors (Lipinski definition) is 2. The third-order valence-corrected chi connectivity index (χ3v) is 4.22. The molecule has 0 spiro atoms. The Balaban J connectivity index is 2.14. The van der Waals surface area contributed by atoms with E-state index in [1.807, 2.05) is 0 Å². The molecule has 0 aliphatic carbocycles. The van der Waals surface area contributed by atoms with Gasteiger partial charge in [-0.15, -0.1) is 0 Å². The average molecular weight is 276 g/mol. The first-order chi connectivity index (χ1) is 10.1. The maximum Gasteiger partial charge on any atom is 0.120 e. The van der Waals surface area contributed by atoms with Crippen LogP contribution in [0.4, 0.5) is 0 Å². The van der Waals surface area contributed by atoms with E-state index >= 15 is 0 Å². The summed E-state index contributed by atoms with van der Waals surface area (Å²) in [7, 11) is 0. The van der Waals surface area contributed by atoms with Crippen LogP contribution in [0.3, 0.4) is 0 Å². The Morgan fingerprint density at radius 3 is 1.86 bits per heavy atom. The molecule has 0 saturated heterocycles. The van der Waals surface area contributed by atoms with E-state index in [0.29, 0.717) is 0 Å². The Labute approximate surface area is 126 Å². The van der Waals surface area contributed by atoms with Crippen molar-refractivity contribution in [3.05, 3.63) is 69.8 Å². The Morgan fingerprint density at radius 2 is 1.29 bits per heavy atom. The highest BCUT2D eigenvalue weighted by Crippen LogP contribution is 2.32. The number of hydrogen-bond donors (Lipinski definition) is 0.